The minimum atomic E-state index is -0.504. The molecule has 1 aliphatic rings. The molecule has 2 aromatic rings. The molecule has 2 amide bonds. The number of likely N-dealkylation sites (tertiary alicyclic amines) is 1. The maximum absolute atomic E-state index is 12.6. The van der Waals surface area contributed by atoms with Gasteiger partial charge in [-0.25, -0.2) is 0 Å². The summed E-state index contributed by atoms with van der Waals surface area (Å²) in [6.45, 7) is 2.30. The van der Waals surface area contributed by atoms with E-state index < -0.39 is 6.04 Å². The van der Waals surface area contributed by atoms with Gasteiger partial charge in [0.05, 0.1) is 0 Å². The molecule has 0 aliphatic carbocycles. The molecule has 0 spiro atoms. The Morgan fingerprint density at radius 2 is 2.09 bits per heavy atom. The van der Waals surface area contributed by atoms with Crippen molar-refractivity contribution in [3.8, 4) is 0 Å². The normalized spacial score (nSPS) is 17.3. The summed E-state index contributed by atoms with van der Waals surface area (Å²) in [4.78, 5) is 26.6. The molecule has 6 nitrogen and oxygen atoms in total. The van der Waals surface area contributed by atoms with Gasteiger partial charge in [0.25, 0.3) is 5.91 Å². The van der Waals surface area contributed by atoms with Gasteiger partial charge in [-0.05, 0) is 44.0 Å². The average Bonchev–Trinajstić information content (AvgIpc) is 3.16. The smallest absolute Gasteiger partial charge is 0.254 e. The molecule has 1 atom stereocenters. The molecule has 3 rings (SSSR count). The van der Waals surface area contributed by atoms with Gasteiger partial charge in [0.15, 0.2) is 5.82 Å². The van der Waals surface area contributed by atoms with Crippen LogP contribution in [0.15, 0.2) is 34.9 Å². The number of hydrogen-bond acceptors (Lipinski definition) is 4. The number of nitrogens with zero attached hydrogens (tertiary/aromatic N) is 2. The fourth-order valence-corrected chi connectivity index (χ4v) is 2.80. The molecule has 7 heteroatoms. The number of anilines is 1. The van der Waals surface area contributed by atoms with E-state index in [4.69, 9.17) is 16.1 Å². The molecule has 1 N–H and O–H groups in total. The number of aryl methyl sites for hydroxylation is 1. The molecule has 2 heterocycles. The van der Waals surface area contributed by atoms with E-state index in [1.54, 1.807) is 42.2 Å². The lowest BCUT2D eigenvalue weighted by molar-refractivity contribution is -0.119. The average molecular weight is 334 g/mol. The van der Waals surface area contributed by atoms with Gasteiger partial charge in [0.2, 0.25) is 5.91 Å². The van der Waals surface area contributed by atoms with Crippen LogP contribution in [0.5, 0.6) is 0 Å². The van der Waals surface area contributed by atoms with Crippen LogP contribution in [0.3, 0.4) is 0 Å². The summed E-state index contributed by atoms with van der Waals surface area (Å²) in [5.41, 5.74) is 0.520. The minimum absolute atomic E-state index is 0.171. The van der Waals surface area contributed by atoms with Crippen LogP contribution in [-0.2, 0) is 4.79 Å². The summed E-state index contributed by atoms with van der Waals surface area (Å²) in [6.07, 6.45) is 1.41. The molecule has 0 saturated carbocycles. The third-order valence-electron chi connectivity index (χ3n) is 3.79. The molecule has 1 saturated heterocycles. The zero-order chi connectivity index (χ0) is 16.4. The Hall–Kier alpha value is -2.34. The Morgan fingerprint density at radius 3 is 2.74 bits per heavy atom. The summed E-state index contributed by atoms with van der Waals surface area (Å²) in [7, 11) is 0. The molecular formula is C16H16ClN3O3. The van der Waals surface area contributed by atoms with Crippen molar-refractivity contribution in [1.29, 1.82) is 0 Å². The number of aromatic nitrogens is 1. The number of carbonyl (C=O) groups excluding carboxylic acids is 2. The summed E-state index contributed by atoms with van der Waals surface area (Å²) < 4.78 is 4.93. The first-order valence-corrected chi connectivity index (χ1v) is 7.73. The minimum Gasteiger partial charge on any atom is -0.360 e. The second-order valence-corrected chi connectivity index (χ2v) is 5.91. The summed E-state index contributed by atoms with van der Waals surface area (Å²) in [5, 5.41) is 7.00. The third kappa shape index (κ3) is 3.37. The highest BCUT2D eigenvalue weighted by Gasteiger charge is 2.34. The van der Waals surface area contributed by atoms with Crippen molar-refractivity contribution in [2.45, 2.75) is 25.8 Å². The van der Waals surface area contributed by atoms with Gasteiger partial charge in [0.1, 0.15) is 11.8 Å². The molecule has 23 heavy (non-hydrogen) atoms. The predicted octanol–water partition coefficient (Wildman–Crippen LogP) is 2.88. The Balaban J connectivity index is 1.73. The molecule has 1 aromatic carbocycles. The Kier molecular flexibility index (Phi) is 4.34. The van der Waals surface area contributed by atoms with E-state index in [9.17, 15) is 9.59 Å². The van der Waals surface area contributed by atoms with Gasteiger partial charge in [-0.2, -0.15) is 0 Å². The first kappa shape index (κ1) is 15.6. The number of rotatable bonds is 3. The second-order valence-electron chi connectivity index (χ2n) is 5.48. The third-order valence-corrected chi connectivity index (χ3v) is 4.04. The van der Waals surface area contributed by atoms with E-state index in [2.05, 4.69) is 10.5 Å². The van der Waals surface area contributed by atoms with Crippen molar-refractivity contribution in [1.82, 2.24) is 10.1 Å². The van der Waals surface area contributed by atoms with Gasteiger partial charge in [-0.3, -0.25) is 9.59 Å². The van der Waals surface area contributed by atoms with E-state index >= 15 is 0 Å². The molecule has 0 radical (unpaired) electrons. The van der Waals surface area contributed by atoms with Crippen LogP contribution in [0.25, 0.3) is 0 Å². The number of nitrogens with one attached hydrogen (secondary N) is 1. The highest BCUT2D eigenvalue weighted by atomic mass is 35.5. The topological polar surface area (TPSA) is 75.4 Å². The van der Waals surface area contributed by atoms with E-state index in [1.807, 2.05) is 0 Å². The van der Waals surface area contributed by atoms with Crippen molar-refractivity contribution in [2.75, 3.05) is 11.9 Å². The zero-order valence-electron chi connectivity index (χ0n) is 12.6. The molecule has 1 aromatic heterocycles. The molecule has 1 aliphatic heterocycles. The van der Waals surface area contributed by atoms with Crippen molar-refractivity contribution >= 4 is 29.2 Å². The summed E-state index contributed by atoms with van der Waals surface area (Å²) >= 11 is 5.84. The lowest BCUT2D eigenvalue weighted by atomic mass is 10.1. The van der Waals surface area contributed by atoms with E-state index in [0.717, 1.165) is 6.42 Å². The van der Waals surface area contributed by atoms with Gasteiger partial charge >= 0.3 is 0 Å². The molecule has 1 fully saturated rings. The molecular weight excluding hydrogens is 318 g/mol. The maximum atomic E-state index is 12.6. The summed E-state index contributed by atoms with van der Waals surface area (Å²) in [6, 6.07) is 7.79. The Bertz CT molecular complexity index is 726. The van der Waals surface area contributed by atoms with Crippen molar-refractivity contribution in [3.05, 3.63) is 46.7 Å². The van der Waals surface area contributed by atoms with Gasteiger partial charge in [-0.15, -0.1) is 0 Å². The zero-order valence-corrected chi connectivity index (χ0v) is 13.3. The van der Waals surface area contributed by atoms with Crippen molar-refractivity contribution in [2.24, 2.45) is 0 Å². The number of amides is 2. The van der Waals surface area contributed by atoms with Crippen LogP contribution in [-0.4, -0.2) is 34.5 Å². The number of carbonyl (C=O) groups is 2. The van der Waals surface area contributed by atoms with Crippen LogP contribution >= 0.6 is 11.6 Å². The summed E-state index contributed by atoms with van der Waals surface area (Å²) in [5.74, 6) is 0.549. The monoisotopic (exact) mass is 333 g/mol. The first-order chi connectivity index (χ1) is 11.0. The lowest BCUT2D eigenvalue weighted by Crippen LogP contribution is -2.43. The van der Waals surface area contributed by atoms with Crippen molar-refractivity contribution < 1.29 is 14.1 Å². The number of halogens is 1. The van der Waals surface area contributed by atoms with E-state index in [0.29, 0.717) is 35.1 Å². The van der Waals surface area contributed by atoms with Crippen LogP contribution in [0.1, 0.15) is 29.0 Å². The SMILES string of the molecule is Cc1cc(NC(=O)[C@@H]2CCCN2C(=O)c2ccc(Cl)cc2)no1. The second kappa shape index (κ2) is 6.42. The van der Waals surface area contributed by atoms with E-state index in [-0.39, 0.29) is 11.8 Å². The maximum Gasteiger partial charge on any atom is 0.254 e. The van der Waals surface area contributed by atoms with Crippen LogP contribution < -0.4 is 5.32 Å². The van der Waals surface area contributed by atoms with Crippen LogP contribution in [0.2, 0.25) is 5.02 Å². The highest BCUT2D eigenvalue weighted by Crippen LogP contribution is 2.22. The first-order valence-electron chi connectivity index (χ1n) is 7.35. The standard InChI is InChI=1S/C16H16ClN3O3/c1-10-9-14(19-23-10)18-15(21)13-3-2-8-20(13)16(22)11-4-6-12(17)7-5-11/h4-7,9,13H,2-3,8H2,1H3,(H,18,19,21)/t13-/m0/s1. The number of benzene rings is 1. The Labute approximate surface area is 138 Å². The van der Waals surface area contributed by atoms with E-state index in [1.165, 1.54) is 0 Å². The van der Waals surface area contributed by atoms with Gasteiger partial charge < -0.3 is 14.7 Å². The fraction of sp³-hybridized carbons (Fsp3) is 0.312. The molecule has 120 valence electrons. The quantitative estimate of drug-likeness (QED) is 0.937. The van der Waals surface area contributed by atoms with Gasteiger partial charge in [0, 0.05) is 23.2 Å². The molecule has 0 bridgehead atoms. The fourth-order valence-electron chi connectivity index (χ4n) is 2.68. The van der Waals surface area contributed by atoms with Gasteiger partial charge in [-0.1, -0.05) is 16.8 Å². The van der Waals surface area contributed by atoms with Crippen LogP contribution in [0, 0.1) is 6.92 Å². The number of hydrogen-bond donors (Lipinski definition) is 1. The highest BCUT2D eigenvalue weighted by molar-refractivity contribution is 6.30. The van der Waals surface area contributed by atoms with Crippen molar-refractivity contribution in [3.63, 3.8) is 0 Å². The largest absolute Gasteiger partial charge is 0.360 e. The van der Waals surface area contributed by atoms with Crippen LogP contribution in [0.4, 0.5) is 5.82 Å². The molecule has 0 unspecified atom stereocenters. The predicted molar refractivity (Wildman–Crippen MR) is 85.4 cm³/mol. The lowest BCUT2D eigenvalue weighted by Gasteiger charge is -2.23. The Morgan fingerprint density at radius 1 is 1.35 bits per heavy atom.